The molecule has 0 saturated carbocycles. The van der Waals surface area contributed by atoms with E-state index in [1.165, 1.54) is 18.0 Å². The van der Waals surface area contributed by atoms with E-state index in [1.807, 2.05) is 0 Å². The van der Waals surface area contributed by atoms with E-state index in [0.29, 0.717) is 42.7 Å². The third kappa shape index (κ3) is 3.63. The van der Waals surface area contributed by atoms with Crippen LogP contribution in [0.2, 0.25) is 0 Å². The van der Waals surface area contributed by atoms with Gasteiger partial charge in [0.15, 0.2) is 0 Å². The second-order valence-electron chi connectivity index (χ2n) is 5.46. The van der Waals surface area contributed by atoms with Crippen molar-refractivity contribution < 1.29 is 18.7 Å². The van der Waals surface area contributed by atoms with Crippen LogP contribution in [0.15, 0.2) is 33.4 Å². The first-order chi connectivity index (χ1) is 11.7. The molecule has 126 valence electrons. The minimum Gasteiger partial charge on any atom is -0.469 e. The fourth-order valence-electron chi connectivity index (χ4n) is 2.70. The molecule has 1 N–H and O–H groups in total. The van der Waals surface area contributed by atoms with Crippen molar-refractivity contribution in [2.24, 2.45) is 0 Å². The Labute approximate surface area is 143 Å². The molecule has 3 heterocycles. The zero-order valence-corrected chi connectivity index (χ0v) is 13.8. The number of nitrogens with one attached hydrogen (secondary N) is 1. The number of carbonyl (C=O) groups excluding carboxylic acids is 2. The molecule has 0 radical (unpaired) electrons. The van der Waals surface area contributed by atoms with Gasteiger partial charge in [0.25, 0.3) is 0 Å². The smallest absolute Gasteiger partial charge is 0.233 e. The number of hydrogen-bond acceptors (Lipinski definition) is 6. The number of amides is 2. The molecule has 8 heteroatoms. The number of thioether (sulfide) groups is 1. The third-order valence-corrected chi connectivity index (χ3v) is 4.95. The highest BCUT2D eigenvalue weighted by Gasteiger charge is 2.31. The summed E-state index contributed by atoms with van der Waals surface area (Å²) in [5.74, 6) is 0.143. The summed E-state index contributed by atoms with van der Waals surface area (Å²) in [7, 11) is 0. The van der Waals surface area contributed by atoms with Gasteiger partial charge < -0.3 is 19.4 Å². The fraction of sp³-hybridized carbons (Fsp3) is 0.438. The topological polar surface area (TPSA) is 95.6 Å². The molecule has 2 amide bonds. The first-order valence-corrected chi connectivity index (χ1v) is 8.63. The van der Waals surface area contributed by atoms with E-state index in [-0.39, 0.29) is 24.0 Å². The first-order valence-electron chi connectivity index (χ1n) is 7.65. The van der Waals surface area contributed by atoms with Crippen LogP contribution < -0.4 is 5.32 Å². The Kier molecular flexibility index (Phi) is 5.23. The summed E-state index contributed by atoms with van der Waals surface area (Å²) in [4.78, 5) is 25.9. The Morgan fingerprint density at radius 3 is 2.92 bits per heavy atom. The Morgan fingerprint density at radius 1 is 1.46 bits per heavy atom. The van der Waals surface area contributed by atoms with E-state index in [1.54, 1.807) is 17.0 Å². The van der Waals surface area contributed by atoms with Crippen LogP contribution in [0.3, 0.4) is 0 Å². The van der Waals surface area contributed by atoms with Crippen LogP contribution in [0.4, 0.5) is 0 Å². The predicted octanol–water partition coefficient (Wildman–Crippen LogP) is 1.21. The van der Waals surface area contributed by atoms with E-state index in [0.717, 1.165) is 0 Å². The lowest BCUT2D eigenvalue weighted by Gasteiger charge is -2.27. The van der Waals surface area contributed by atoms with Gasteiger partial charge in [-0.1, -0.05) is 11.8 Å². The molecule has 0 unspecified atom stereocenters. The van der Waals surface area contributed by atoms with E-state index in [9.17, 15) is 14.9 Å². The molecular weight excluding hydrogens is 330 g/mol. The Bertz CT molecular complexity index is 687. The van der Waals surface area contributed by atoms with Gasteiger partial charge in [-0.05, 0) is 12.1 Å². The van der Waals surface area contributed by atoms with Crippen molar-refractivity contribution in [2.45, 2.75) is 12.3 Å². The van der Waals surface area contributed by atoms with Gasteiger partial charge in [-0.2, -0.15) is 5.26 Å². The van der Waals surface area contributed by atoms with Crippen LogP contribution in [-0.2, 0) is 14.3 Å². The minimum absolute atomic E-state index is 0.0255. The highest BCUT2D eigenvalue weighted by atomic mass is 32.2. The summed E-state index contributed by atoms with van der Waals surface area (Å²) in [5.41, 5.74) is 0.435. The van der Waals surface area contributed by atoms with Crippen LogP contribution in [0.5, 0.6) is 0 Å². The molecule has 1 aromatic rings. The average molecular weight is 347 g/mol. The lowest BCUT2D eigenvalue weighted by Crippen LogP contribution is -2.42. The number of allylic oxidation sites excluding steroid dienone is 1. The predicted molar refractivity (Wildman–Crippen MR) is 86.7 cm³/mol. The molecule has 0 aliphatic carbocycles. The van der Waals surface area contributed by atoms with Crippen molar-refractivity contribution >= 4 is 23.6 Å². The van der Waals surface area contributed by atoms with Gasteiger partial charge in [0.1, 0.15) is 5.76 Å². The van der Waals surface area contributed by atoms with Gasteiger partial charge in [-0.3, -0.25) is 9.59 Å². The maximum absolute atomic E-state index is 12.2. The standard InChI is InChI=1S/C16H17N3O4S/c17-9-12-11(13-2-1-5-23-13)8-14(20)18-16(12)24-10-15(21)19-3-6-22-7-4-19/h1-2,5,11H,3-4,6-8,10H2,(H,18,20)/t11-/m0/s1. The van der Waals surface area contributed by atoms with Crippen molar-refractivity contribution in [1.29, 1.82) is 5.26 Å². The highest BCUT2D eigenvalue weighted by molar-refractivity contribution is 8.03. The summed E-state index contributed by atoms with van der Waals surface area (Å²) in [6, 6.07) is 5.63. The van der Waals surface area contributed by atoms with Crippen molar-refractivity contribution in [3.63, 3.8) is 0 Å². The Morgan fingerprint density at radius 2 is 2.25 bits per heavy atom. The molecule has 1 atom stereocenters. The lowest BCUT2D eigenvalue weighted by atomic mass is 9.92. The molecule has 1 fully saturated rings. The number of hydrogen-bond donors (Lipinski definition) is 1. The quantitative estimate of drug-likeness (QED) is 0.879. The Hall–Kier alpha value is -2.24. The maximum atomic E-state index is 12.2. The van der Waals surface area contributed by atoms with Gasteiger partial charge >= 0.3 is 0 Å². The van der Waals surface area contributed by atoms with Crippen molar-refractivity contribution in [1.82, 2.24) is 10.2 Å². The maximum Gasteiger partial charge on any atom is 0.233 e. The van der Waals surface area contributed by atoms with Crippen LogP contribution in [-0.4, -0.2) is 48.8 Å². The van der Waals surface area contributed by atoms with E-state index < -0.39 is 5.92 Å². The second kappa shape index (κ2) is 7.55. The van der Waals surface area contributed by atoms with Gasteiger partial charge in [0.05, 0.1) is 47.8 Å². The van der Waals surface area contributed by atoms with Gasteiger partial charge in [0, 0.05) is 19.5 Å². The van der Waals surface area contributed by atoms with Gasteiger partial charge in [-0.15, -0.1) is 0 Å². The molecule has 1 aromatic heterocycles. The van der Waals surface area contributed by atoms with Crippen LogP contribution in [0.1, 0.15) is 18.1 Å². The molecular formula is C16H17N3O4S. The molecule has 24 heavy (non-hydrogen) atoms. The van der Waals surface area contributed by atoms with Crippen LogP contribution >= 0.6 is 11.8 Å². The molecule has 3 rings (SSSR count). The van der Waals surface area contributed by atoms with E-state index in [4.69, 9.17) is 9.15 Å². The molecule has 2 aliphatic rings. The molecule has 1 saturated heterocycles. The van der Waals surface area contributed by atoms with Gasteiger partial charge in [-0.25, -0.2) is 0 Å². The van der Waals surface area contributed by atoms with Crippen LogP contribution in [0, 0.1) is 11.3 Å². The molecule has 0 aromatic carbocycles. The second-order valence-corrected chi connectivity index (χ2v) is 6.44. The number of furan rings is 1. The fourth-order valence-corrected chi connectivity index (χ4v) is 3.68. The minimum atomic E-state index is -0.403. The average Bonchev–Trinajstić information content (AvgIpc) is 3.14. The third-order valence-electron chi connectivity index (χ3n) is 3.95. The Balaban J connectivity index is 1.73. The summed E-state index contributed by atoms with van der Waals surface area (Å²) >= 11 is 1.19. The highest BCUT2D eigenvalue weighted by Crippen LogP contribution is 2.36. The number of nitrogens with zero attached hydrogens (tertiary/aromatic N) is 2. The van der Waals surface area contributed by atoms with Crippen LogP contribution in [0.25, 0.3) is 0 Å². The normalized spacial score (nSPS) is 21.4. The molecule has 2 aliphatic heterocycles. The summed E-state index contributed by atoms with van der Waals surface area (Å²) < 4.78 is 10.6. The number of nitriles is 1. The van der Waals surface area contributed by atoms with Gasteiger partial charge in [0.2, 0.25) is 11.8 Å². The number of morpholine rings is 1. The van der Waals surface area contributed by atoms with Crippen molar-refractivity contribution in [3.05, 3.63) is 34.8 Å². The number of ether oxygens (including phenoxy) is 1. The van der Waals surface area contributed by atoms with E-state index in [2.05, 4.69) is 11.4 Å². The largest absolute Gasteiger partial charge is 0.469 e. The molecule has 7 nitrogen and oxygen atoms in total. The first kappa shape index (κ1) is 16.6. The zero-order chi connectivity index (χ0) is 16.9. The molecule has 0 bridgehead atoms. The SMILES string of the molecule is N#CC1=C(SCC(=O)N2CCOCC2)NC(=O)C[C@@H]1c1ccco1. The van der Waals surface area contributed by atoms with Crippen molar-refractivity contribution in [2.75, 3.05) is 32.1 Å². The molecule has 0 spiro atoms. The monoisotopic (exact) mass is 347 g/mol. The summed E-state index contributed by atoms with van der Waals surface area (Å²) in [5, 5.41) is 12.7. The lowest BCUT2D eigenvalue weighted by molar-refractivity contribution is -0.132. The summed E-state index contributed by atoms with van der Waals surface area (Å²) in [6.07, 6.45) is 1.68. The number of carbonyl (C=O) groups is 2. The van der Waals surface area contributed by atoms with E-state index >= 15 is 0 Å². The summed E-state index contributed by atoms with van der Waals surface area (Å²) in [6.45, 7) is 2.23. The zero-order valence-electron chi connectivity index (χ0n) is 13.0. The van der Waals surface area contributed by atoms with Crippen molar-refractivity contribution in [3.8, 4) is 6.07 Å². The number of rotatable bonds is 4.